The molecule has 1 aliphatic carbocycles. The van der Waals surface area contributed by atoms with Crippen LogP contribution in [0.1, 0.15) is 41.6 Å². The molecule has 0 heterocycles. The van der Waals surface area contributed by atoms with Crippen LogP contribution in [0.15, 0.2) is 18.2 Å². The van der Waals surface area contributed by atoms with Gasteiger partial charge in [-0.25, -0.2) is 4.39 Å². The van der Waals surface area contributed by atoms with E-state index in [1.54, 1.807) is 0 Å². The van der Waals surface area contributed by atoms with E-state index >= 15 is 0 Å². The molecule has 0 saturated heterocycles. The molecule has 2 atom stereocenters. The summed E-state index contributed by atoms with van der Waals surface area (Å²) in [6, 6.07) is 4.14. The average molecular weight is 280 g/mol. The van der Waals surface area contributed by atoms with E-state index in [9.17, 15) is 14.3 Å². The van der Waals surface area contributed by atoms with Crippen molar-refractivity contribution in [2.75, 3.05) is 6.54 Å². The second-order valence-electron chi connectivity index (χ2n) is 5.49. The van der Waals surface area contributed by atoms with Crippen LogP contribution in [0.3, 0.4) is 0 Å². The molecular formula is C15H21FN2O2. The van der Waals surface area contributed by atoms with Gasteiger partial charge >= 0.3 is 0 Å². The molecule has 4 nitrogen and oxygen atoms in total. The number of halogens is 1. The van der Waals surface area contributed by atoms with Gasteiger partial charge in [-0.1, -0.05) is 6.42 Å². The molecular weight excluding hydrogens is 259 g/mol. The fourth-order valence-electron chi connectivity index (χ4n) is 2.72. The van der Waals surface area contributed by atoms with Crippen molar-refractivity contribution >= 4 is 5.91 Å². The number of carbonyl (C=O) groups excluding carboxylic acids is 1. The Morgan fingerprint density at radius 1 is 1.45 bits per heavy atom. The smallest absolute Gasteiger partial charge is 0.248 e. The molecule has 1 fully saturated rings. The largest absolute Gasteiger partial charge is 0.393 e. The number of hydrogen-bond acceptors (Lipinski definition) is 3. The minimum Gasteiger partial charge on any atom is -0.393 e. The Labute approximate surface area is 118 Å². The van der Waals surface area contributed by atoms with Crippen molar-refractivity contribution in [2.45, 2.75) is 38.3 Å². The van der Waals surface area contributed by atoms with E-state index in [1.807, 2.05) is 0 Å². The molecule has 1 aromatic rings. The predicted molar refractivity (Wildman–Crippen MR) is 74.6 cm³/mol. The fraction of sp³-hybridized carbons (Fsp3) is 0.533. The lowest BCUT2D eigenvalue weighted by molar-refractivity contribution is 0.0995. The van der Waals surface area contributed by atoms with Gasteiger partial charge < -0.3 is 16.2 Å². The van der Waals surface area contributed by atoms with E-state index in [0.717, 1.165) is 32.2 Å². The van der Waals surface area contributed by atoms with Crippen molar-refractivity contribution in [3.8, 4) is 0 Å². The van der Waals surface area contributed by atoms with E-state index < -0.39 is 5.91 Å². The Balaban J connectivity index is 1.87. The lowest BCUT2D eigenvalue weighted by Crippen LogP contribution is -2.29. The zero-order valence-corrected chi connectivity index (χ0v) is 11.4. The van der Waals surface area contributed by atoms with Crippen molar-refractivity contribution < 1.29 is 14.3 Å². The maximum absolute atomic E-state index is 13.6. The van der Waals surface area contributed by atoms with Crippen LogP contribution >= 0.6 is 0 Å². The third kappa shape index (κ3) is 4.02. The minimum absolute atomic E-state index is 0.203. The van der Waals surface area contributed by atoms with Crippen molar-refractivity contribution in [3.05, 3.63) is 35.1 Å². The molecule has 4 N–H and O–H groups in total. The highest BCUT2D eigenvalue weighted by atomic mass is 19.1. The predicted octanol–water partition coefficient (Wildman–Crippen LogP) is 1.57. The standard InChI is InChI=1S/C15H21FN2O2/c16-14-5-4-11(15(17)20)7-12(14)9-18-8-10-2-1-3-13(19)6-10/h4-5,7,10,13,18-19H,1-3,6,8-9H2,(H2,17,20). The molecule has 2 unspecified atom stereocenters. The van der Waals surface area contributed by atoms with Crippen LogP contribution in [0.2, 0.25) is 0 Å². The highest BCUT2D eigenvalue weighted by molar-refractivity contribution is 5.92. The van der Waals surface area contributed by atoms with Gasteiger partial charge in [0, 0.05) is 17.7 Å². The van der Waals surface area contributed by atoms with Crippen molar-refractivity contribution in [1.29, 1.82) is 0 Å². The first-order chi connectivity index (χ1) is 9.56. The number of aliphatic hydroxyl groups excluding tert-OH is 1. The molecule has 2 rings (SSSR count). The van der Waals surface area contributed by atoms with Gasteiger partial charge in [-0.2, -0.15) is 0 Å². The number of nitrogens with one attached hydrogen (secondary N) is 1. The third-order valence-electron chi connectivity index (χ3n) is 3.83. The summed E-state index contributed by atoms with van der Waals surface area (Å²) >= 11 is 0. The number of primary amides is 1. The Kier molecular flexibility index (Phi) is 5.09. The van der Waals surface area contributed by atoms with Gasteiger partial charge in [0.2, 0.25) is 5.91 Å². The molecule has 20 heavy (non-hydrogen) atoms. The number of nitrogens with two attached hydrogens (primary N) is 1. The van der Waals surface area contributed by atoms with Crippen LogP contribution in [0.4, 0.5) is 4.39 Å². The maximum Gasteiger partial charge on any atom is 0.248 e. The van der Waals surface area contributed by atoms with Crippen molar-refractivity contribution in [1.82, 2.24) is 5.32 Å². The summed E-state index contributed by atoms with van der Waals surface area (Å²) in [7, 11) is 0. The molecule has 0 aromatic heterocycles. The Hall–Kier alpha value is -1.46. The Morgan fingerprint density at radius 2 is 2.25 bits per heavy atom. The van der Waals surface area contributed by atoms with E-state index in [0.29, 0.717) is 23.6 Å². The van der Waals surface area contributed by atoms with Gasteiger partial charge in [0.15, 0.2) is 0 Å². The number of amides is 1. The summed E-state index contributed by atoms with van der Waals surface area (Å²) in [6.45, 7) is 1.11. The monoisotopic (exact) mass is 280 g/mol. The molecule has 1 aliphatic rings. The molecule has 1 aromatic carbocycles. The number of aliphatic hydroxyl groups is 1. The average Bonchev–Trinajstić information content (AvgIpc) is 2.40. The van der Waals surface area contributed by atoms with Crippen LogP contribution in [-0.2, 0) is 6.54 Å². The number of rotatable bonds is 5. The summed E-state index contributed by atoms with van der Waals surface area (Å²) in [5, 5.41) is 12.8. The van der Waals surface area contributed by atoms with Crippen LogP contribution in [0, 0.1) is 11.7 Å². The van der Waals surface area contributed by atoms with E-state index in [1.165, 1.54) is 18.2 Å². The minimum atomic E-state index is -0.554. The van der Waals surface area contributed by atoms with Gasteiger partial charge in [-0.05, 0) is 49.9 Å². The zero-order valence-electron chi connectivity index (χ0n) is 11.4. The van der Waals surface area contributed by atoms with Crippen LogP contribution in [0.25, 0.3) is 0 Å². The normalized spacial score (nSPS) is 22.7. The molecule has 1 saturated carbocycles. The van der Waals surface area contributed by atoms with Gasteiger partial charge in [0.25, 0.3) is 0 Å². The first-order valence-electron chi connectivity index (χ1n) is 7.03. The number of carbonyl (C=O) groups is 1. The SMILES string of the molecule is NC(=O)c1ccc(F)c(CNCC2CCCC(O)C2)c1. The van der Waals surface area contributed by atoms with Crippen molar-refractivity contribution in [3.63, 3.8) is 0 Å². The highest BCUT2D eigenvalue weighted by Crippen LogP contribution is 2.23. The van der Waals surface area contributed by atoms with E-state index in [2.05, 4.69) is 5.32 Å². The van der Waals surface area contributed by atoms with Gasteiger partial charge in [-0.15, -0.1) is 0 Å². The lowest BCUT2D eigenvalue weighted by atomic mass is 9.87. The molecule has 0 bridgehead atoms. The molecule has 0 spiro atoms. The van der Waals surface area contributed by atoms with Gasteiger partial charge in [0.05, 0.1) is 6.10 Å². The number of benzene rings is 1. The lowest BCUT2D eigenvalue weighted by Gasteiger charge is -2.26. The Bertz CT molecular complexity index is 479. The maximum atomic E-state index is 13.6. The summed E-state index contributed by atoms with van der Waals surface area (Å²) in [5.41, 5.74) is 5.94. The first kappa shape index (κ1) is 14.9. The molecule has 1 amide bonds. The quantitative estimate of drug-likeness (QED) is 0.766. The third-order valence-corrected chi connectivity index (χ3v) is 3.83. The molecule has 5 heteroatoms. The van der Waals surface area contributed by atoms with Crippen LogP contribution < -0.4 is 11.1 Å². The van der Waals surface area contributed by atoms with E-state index in [4.69, 9.17) is 5.73 Å². The fourth-order valence-corrected chi connectivity index (χ4v) is 2.72. The van der Waals surface area contributed by atoms with Gasteiger partial charge in [0.1, 0.15) is 5.82 Å². The first-order valence-corrected chi connectivity index (χ1v) is 7.03. The molecule has 0 aliphatic heterocycles. The van der Waals surface area contributed by atoms with Crippen LogP contribution in [-0.4, -0.2) is 23.7 Å². The Morgan fingerprint density at radius 3 is 2.95 bits per heavy atom. The zero-order chi connectivity index (χ0) is 14.5. The summed E-state index contributed by atoms with van der Waals surface area (Å²) < 4.78 is 13.6. The van der Waals surface area contributed by atoms with Crippen molar-refractivity contribution in [2.24, 2.45) is 11.7 Å². The molecule has 0 radical (unpaired) electrons. The van der Waals surface area contributed by atoms with E-state index in [-0.39, 0.29) is 11.9 Å². The summed E-state index contributed by atoms with van der Waals surface area (Å²) in [4.78, 5) is 11.1. The molecule has 110 valence electrons. The van der Waals surface area contributed by atoms with Gasteiger partial charge in [-0.3, -0.25) is 4.79 Å². The number of hydrogen-bond donors (Lipinski definition) is 3. The highest BCUT2D eigenvalue weighted by Gasteiger charge is 2.19. The second kappa shape index (κ2) is 6.81. The van der Waals surface area contributed by atoms with Crippen LogP contribution in [0.5, 0.6) is 0 Å². The summed E-state index contributed by atoms with van der Waals surface area (Å²) in [5.74, 6) is -0.464. The summed E-state index contributed by atoms with van der Waals surface area (Å²) in [6.07, 6.45) is 3.61. The second-order valence-corrected chi connectivity index (χ2v) is 5.49. The topological polar surface area (TPSA) is 75.4 Å².